The molecular formula is C16H24FNO. The quantitative estimate of drug-likeness (QED) is 0.903. The van der Waals surface area contributed by atoms with Crippen molar-refractivity contribution in [2.24, 2.45) is 0 Å². The van der Waals surface area contributed by atoms with E-state index in [2.05, 4.69) is 30.4 Å². The molecule has 106 valence electrons. The second-order valence-corrected chi connectivity index (χ2v) is 5.95. The molecule has 1 heterocycles. The van der Waals surface area contributed by atoms with Gasteiger partial charge in [0.05, 0.1) is 13.2 Å². The lowest BCUT2D eigenvalue weighted by Gasteiger charge is -2.30. The molecule has 0 saturated carbocycles. The number of aryl methyl sites for hydroxylation is 2. The third-order valence-corrected chi connectivity index (χ3v) is 3.73. The number of hydrogen-bond acceptors (Lipinski definition) is 2. The number of benzene rings is 1. The Labute approximate surface area is 115 Å². The van der Waals surface area contributed by atoms with Crippen molar-refractivity contribution in [2.45, 2.75) is 45.3 Å². The summed E-state index contributed by atoms with van der Waals surface area (Å²) in [6, 6.07) is 6.37. The van der Waals surface area contributed by atoms with Crippen LogP contribution in [0.15, 0.2) is 18.2 Å². The van der Waals surface area contributed by atoms with Crippen molar-refractivity contribution < 1.29 is 9.13 Å². The highest BCUT2D eigenvalue weighted by molar-refractivity contribution is 5.31. The van der Waals surface area contributed by atoms with Crippen LogP contribution in [0.3, 0.4) is 0 Å². The molecule has 2 unspecified atom stereocenters. The molecule has 0 aromatic heterocycles. The molecule has 1 saturated heterocycles. The van der Waals surface area contributed by atoms with Crippen LogP contribution in [0.4, 0.5) is 4.39 Å². The zero-order chi connectivity index (χ0) is 13.9. The summed E-state index contributed by atoms with van der Waals surface area (Å²) in [6.07, 6.45) is 0.971. The summed E-state index contributed by atoms with van der Waals surface area (Å²) in [4.78, 5) is 0. The zero-order valence-corrected chi connectivity index (χ0v) is 12.1. The summed E-state index contributed by atoms with van der Waals surface area (Å²) in [6.45, 7) is 7.97. The molecule has 1 fully saturated rings. The molecule has 1 N–H and O–H groups in total. The number of ether oxygens (including phenoxy) is 1. The van der Waals surface area contributed by atoms with Gasteiger partial charge in [0.15, 0.2) is 0 Å². The molecule has 1 aliphatic heterocycles. The van der Waals surface area contributed by atoms with Crippen LogP contribution in [-0.4, -0.2) is 31.5 Å². The Hall–Kier alpha value is -0.930. The maximum atomic E-state index is 14.8. The average molecular weight is 265 g/mol. The first-order chi connectivity index (χ1) is 8.96. The van der Waals surface area contributed by atoms with Gasteiger partial charge in [-0.25, -0.2) is 4.39 Å². The lowest BCUT2D eigenvalue weighted by Crippen LogP contribution is -2.45. The van der Waals surface area contributed by atoms with Crippen LogP contribution < -0.4 is 5.32 Å². The smallest absolute Gasteiger partial charge is 0.113 e. The van der Waals surface area contributed by atoms with Crippen molar-refractivity contribution in [2.75, 3.05) is 19.8 Å². The van der Waals surface area contributed by atoms with E-state index in [1.165, 1.54) is 11.1 Å². The number of rotatable bonds is 4. The van der Waals surface area contributed by atoms with E-state index >= 15 is 0 Å². The van der Waals surface area contributed by atoms with E-state index in [0.717, 1.165) is 18.7 Å². The number of halogens is 1. The van der Waals surface area contributed by atoms with Gasteiger partial charge in [-0.3, -0.25) is 0 Å². The normalized spacial score (nSPS) is 23.1. The van der Waals surface area contributed by atoms with Gasteiger partial charge in [0.25, 0.3) is 0 Å². The summed E-state index contributed by atoms with van der Waals surface area (Å²) < 4.78 is 20.2. The standard InChI is InChI=1S/C16H24FNO/c1-12-4-5-13(2)14(8-12)9-16(3,17)10-15-11-19-7-6-18-15/h4-5,8,15,18H,6-7,9-11H2,1-3H3. The molecule has 0 aliphatic carbocycles. The Kier molecular flexibility index (Phi) is 4.58. The van der Waals surface area contributed by atoms with Crippen LogP contribution in [0.25, 0.3) is 0 Å². The fraction of sp³-hybridized carbons (Fsp3) is 0.625. The maximum Gasteiger partial charge on any atom is 0.113 e. The topological polar surface area (TPSA) is 21.3 Å². The first-order valence-corrected chi connectivity index (χ1v) is 7.02. The molecule has 1 aliphatic rings. The SMILES string of the molecule is Cc1ccc(C)c(CC(C)(F)CC2COCCN2)c1. The average Bonchev–Trinajstić information content (AvgIpc) is 2.34. The van der Waals surface area contributed by atoms with E-state index in [0.29, 0.717) is 19.4 Å². The zero-order valence-electron chi connectivity index (χ0n) is 12.1. The fourth-order valence-electron chi connectivity index (χ4n) is 2.72. The molecule has 0 amide bonds. The van der Waals surface area contributed by atoms with E-state index < -0.39 is 5.67 Å². The molecule has 2 nitrogen and oxygen atoms in total. The van der Waals surface area contributed by atoms with Gasteiger partial charge in [0.2, 0.25) is 0 Å². The lowest BCUT2D eigenvalue weighted by atomic mass is 9.89. The van der Waals surface area contributed by atoms with Crippen LogP contribution in [0.2, 0.25) is 0 Å². The third-order valence-electron chi connectivity index (χ3n) is 3.73. The van der Waals surface area contributed by atoms with Gasteiger partial charge in [0, 0.05) is 19.0 Å². The molecule has 1 aromatic carbocycles. The van der Waals surface area contributed by atoms with Crippen molar-refractivity contribution in [3.8, 4) is 0 Å². The van der Waals surface area contributed by atoms with Crippen LogP contribution in [0, 0.1) is 13.8 Å². The molecule has 0 spiro atoms. The predicted octanol–water partition coefficient (Wildman–Crippen LogP) is 2.95. The van der Waals surface area contributed by atoms with Gasteiger partial charge in [-0.1, -0.05) is 23.8 Å². The Morgan fingerprint density at radius 1 is 1.42 bits per heavy atom. The van der Waals surface area contributed by atoms with Crippen LogP contribution >= 0.6 is 0 Å². The highest BCUT2D eigenvalue weighted by Crippen LogP contribution is 2.26. The second kappa shape index (κ2) is 6.02. The van der Waals surface area contributed by atoms with Gasteiger partial charge in [0.1, 0.15) is 5.67 Å². The molecule has 2 rings (SSSR count). The van der Waals surface area contributed by atoms with Crippen LogP contribution in [0.1, 0.15) is 30.0 Å². The molecule has 0 radical (unpaired) electrons. The molecular weight excluding hydrogens is 241 g/mol. The van der Waals surface area contributed by atoms with E-state index in [9.17, 15) is 4.39 Å². The minimum Gasteiger partial charge on any atom is -0.379 e. The summed E-state index contributed by atoms with van der Waals surface area (Å²) in [5.41, 5.74) is 2.27. The minimum absolute atomic E-state index is 0.133. The molecule has 2 atom stereocenters. The van der Waals surface area contributed by atoms with Gasteiger partial charge < -0.3 is 10.1 Å². The number of hydrogen-bond donors (Lipinski definition) is 1. The summed E-state index contributed by atoms with van der Waals surface area (Å²) in [5, 5.41) is 3.32. The molecule has 1 aromatic rings. The fourth-order valence-corrected chi connectivity index (χ4v) is 2.72. The monoisotopic (exact) mass is 265 g/mol. The van der Waals surface area contributed by atoms with Crippen molar-refractivity contribution in [3.05, 3.63) is 34.9 Å². The highest BCUT2D eigenvalue weighted by atomic mass is 19.1. The molecule has 3 heteroatoms. The van der Waals surface area contributed by atoms with Crippen LogP contribution in [0.5, 0.6) is 0 Å². The van der Waals surface area contributed by atoms with E-state index in [1.807, 2.05) is 6.92 Å². The number of alkyl halides is 1. The first-order valence-electron chi connectivity index (χ1n) is 7.02. The van der Waals surface area contributed by atoms with Crippen molar-refractivity contribution in [1.82, 2.24) is 5.32 Å². The second-order valence-electron chi connectivity index (χ2n) is 5.95. The molecule has 19 heavy (non-hydrogen) atoms. The highest BCUT2D eigenvalue weighted by Gasteiger charge is 2.29. The third kappa shape index (κ3) is 4.29. The van der Waals surface area contributed by atoms with Gasteiger partial charge >= 0.3 is 0 Å². The Morgan fingerprint density at radius 2 is 2.21 bits per heavy atom. The number of nitrogens with one attached hydrogen (secondary N) is 1. The van der Waals surface area contributed by atoms with E-state index in [-0.39, 0.29) is 6.04 Å². The predicted molar refractivity (Wildman–Crippen MR) is 76.4 cm³/mol. The van der Waals surface area contributed by atoms with Crippen molar-refractivity contribution in [1.29, 1.82) is 0 Å². The van der Waals surface area contributed by atoms with E-state index in [4.69, 9.17) is 4.74 Å². The van der Waals surface area contributed by atoms with Gasteiger partial charge in [-0.05, 0) is 38.3 Å². The Balaban J connectivity index is 2.00. The Morgan fingerprint density at radius 3 is 2.89 bits per heavy atom. The molecule has 0 bridgehead atoms. The summed E-state index contributed by atoms with van der Waals surface area (Å²) in [5.74, 6) is 0. The largest absolute Gasteiger partial charge is 0.379 e. The van der Waals surface area contributed by atoms with E-state index in [1.54, 1.807) is 6.92 Å². The van der Waals surface area contributed by atoms with Crippen molar-refractivity contribution in [3.63, 3.8) is 0 Å². The van der Waals surface area contributed by atoms with Crippen molar-refractivity contribution >= 4 is 0 Å². The maximum absolute atomic E-state index is 14.8. The first kappa shape index (κ1) is 14.5. The Bertz CT molecular complexity index is 425. The summed E-state index contributed by atoms with van der Waals surface area (Å²) >= 11 is 0. The summed E-state index contributed by atoms with van der Waals surface area (Å²) in [7, 11) is 0. The lowest BCUT2D eigenvalue weighted by molar-refractivity contribution is 0.0483. The van der Waals surface area contributed by atoms with Gasteiger partial charge in [-0.15, -0.1) is 0 Å². The minimum atomic E-state index is -1.20. The number of morpholine rings is 1. The van der Waals surface area contributed by atoms with Crippen LogP contribution in [-0.2, 0) is 11.2 Å². The van der Waals surface area contributed by atoms with Gasteiger partial charge in [-0.2, -0.15) is 0 Å².